The highest BCUT2D eigenvalue weighted by molar-refractivity contribution is 7.14. The summed E-state index contributed by atoms with van der Waals surface area (Å²) >= 11 is 1.75. The van der Waals surface area contributed by atoms with E-state index in [9.17, 15) is 4.79 Å². The molecule has 2 fully saturated rings. The SMILES string of the molecule is Cl.O=C(c1cc2c(s1)CCC2)N1C2CCNCC1CC2. The van der Waals surface area contributed by atoms with Crippen molar-refractivity contribution in [3.05, 3.63) is 21.4 Å². The van der Waals surface area contributed by atoms with Gasteiger partial charge in [-0.25, -0.2) is 0 Å². The summed E-state index contributed by atoms with van der Waals surface area (Å²) in [5.74, 6) is 0.301. The minimum atomic E-state index is 0. The first-order chi connectivity index (χ1) is 9.33. The quantitative estimate of drug-likeness (QED) is 0.864. The van der Waals surface area contributed by atoms with E-state index >= 15 is 0 Å². The van der Waals surface area contributed by atoms with Gasteiger partial charge in [-0.2, -0.15) is 0 Å². The number of fused-ring (bicyclic) bond motifs is 3. The van der Waals surface area contributed by atoms with E-state index in [1.165, 1.54) is 42.5 Å². The Morgan fingerprint density at radius 1 is 1.25 bits per heavy atom. The molecule has 2 atom stereocenters. The number of carbonyl (C=O) groups is 1. The fourth-order valence-corrected chi connectivity index (χ4v) is 5.07. The van der Waals surface area contributed by atoms with Gasteiger partial charge in [0, 0.05) is 23.5 Å². The lowest BCUT2D eigenvalue weighted by Gasteiger charge is -2.27. The Hall–Kier alpha value is -0.580. The minimum Gasteiger partial charge on any atom is -0.331 e. The summed E-state index contributed by atoms with van der Waals surface area (Å²) in [5, 5.41) is 3.46. The lowest BCUT2D eigenvalue weighted by Crippen LogP contribution is -2.42. The maximum Gasteiger partial charge on any atom is 0.264 e. The molecule has 0 spiro atoms. The fourth-order valence-electron chi connectivity index (χ4n) is 3.88. The highest BCUT2D eigenvalue weighted by Gasteiger charge is 2.39. The van der Waals surface area contributed by atoms with Crippen LogP contribution in [0.5, 0.6) is 0 Å². The number of carbonyl (C=O) groups excluding carboxylic acids is 1. The standard InChI is InChI=1S/C15H20N2OS.ClH/c18-15(14-8-10-2-1-3-13(10)19-14)17-11-4-5-12(17)9-16-7-6-11;/h8,11-12,16H,1-7,9H2;1H. The first kappa shape index (κ1) is 14.4. The van der Waals surface area contributed by atoms with Gasteiger partial charge in [0.15, 0.2) is 0 Å². The summed E-state index contributed by atoms with van der Waals surface area (Å²) in [6.07, 6.45) is 7.12. The number of nitrogens with one attached hydrogen (secondary N) is 1. The Kier molecular flexibility index (Phi) is 4.07. The zero-order chi connectivity index (χ0) is 12.8. The fraction of sp³-hybridized carbons (Fsp3) is 0.667. The Balaban J connectivity index is 0.00000121. The first-order valence-electron chi connectivity index (χ1n) is 7.48. The van der Waals surface area contributed by atoms with Gasteiger partial charge in [-0.15, -0.1) is 23.7 Å². The van der Waals surface area contributed by atoms with Crippen LogP contribution < -0.4 is 5.32 Å². The average molecular weight is 313 g/mol. The number of hydrogen-bond acceptors (Lipinski definition) is 3. The third kappa shape index (κ3) is 2.28. The molecule has 2 saturated heterocycles. The maximum atomic E-state index is 12.8. The van der Waals surface area contributed by atoms with Gasteiger partial charge < -0.3 is 10.2 Å². The summed E-state index contributed by atoms with van der Waals surface area (Å²) in [6, 6.07) is 3.08. The lowest BCUT2D eigenvalue weighted by atomic mass is 10.1. The summed E-state index contributed by atoms with van der Waals surface area (Å²) in [4.78, 5) is 17.5. The van der Waals surface area contributed by atoms with Gasteiger partial charge in [-0.05, 0) is 56.7 Å². The van der Waals surface area contributed by atoms with Crippen molar-refractivity contribution in [1.82, 2.24) is 10.2 Å². The van der Waals surface area contributed by atoms with Crippen LogP contribution in [0.3, 0.4) is 0 Å². The molecule has 1 aromatic heterocycles. The molecule has 2 aliphatic heterocycles. The number of halogens is 1. The second-order valence-electron chi connectivity index (χ2n) is 6.00. The van der Waals surface area contributed by atoms with Crippen molar-refractivity contribution in [2.75, 3.05) is 13.1 Å². The summed E-state index contributed by atoms with van der Waals surface area (Å²) in [5.41, 5.74) is 1.44. The van der Waals surface area contributed by atoms with Crippen molar-refractivity contribution in [1.29, 1.82) is 0 Å². The number of rotatable bonds is 1. The number of hydrogen-bond donors (Lipinski definition) is 1. The Morgan fingerprint density at radius 3 is 2.95 bits per heavy atom. The molecule has 0 saturated carbocycles. The molecule has 0 radical (unpaired) electrons. The van der Waals surface area contributed by atoms with E-state index in [0.717, 1.165) is 24.4 Å². The molecule has 3 aliphatic rings. The zero-order valence-corrected chi connectivity index (χ0v) is 13.2. The molecule has 5 heteroatoms. The van der Waals surface area contributed by atoms with Crippen molar-refractivity contribution in [2.45, 2.75) is 50.6 Å². The summed E-state index contributed by atoms with van der Waals surface area (Å²) in [6.45, 7) is 2.04. The van der Waals surface area contributed by atoms with Crippen LogP contribution >= 0.6 is 23.7 Å². The van der Waals surface area contributed by atoms with Gasteiger partial charge in [0.1, 0.15) is 0 Å². The molecule has 3 heterocycles. The van der Waals surface area contributed by atoms with E-state index in [1.54, 1.807) is 11.3 Å². The monoisotopic (exact) mass is 312 g/mol. The van der Waals surface area contributed by atoms with Crippen LogP contribution in [-0.2, 0) is 12.8 Å². The number of aryl methyl sites for hydroxylation is 2. The van der Waals surface area contributed by atoms with Crippen molar-refractivity contribution < 1.29 is 4.79 Å². The van der Waals surface area contributed by atoms with Gasteiger partial charge in [-0.3, -0.25) is 4.79 Å². The highest BCUT2D eigenvalue weighted by Crippen LogP contribution is 2.35. The molecule has 1 amide bonds. The maximum absolute atomic E-state index is 12.8. The van der Waals surface area contributed by atoms with Gasteiger partial charge >= 0.3 is 0 Å². The Labute approximate surface area is 130 Å². The minimum absolute atomic E-state index is 0. The molecule has 2 bridgehead atoms. The largest absolute Gasteiger partial charge is 0.331 e. The predicted molar refractivity (Wildman–Crippen MR) is 84.1 cm³/mol. The van der Waals surface area contributed by atoms with Crippen LogP contribution in [0.4, 0.5) is 0 Å². The van der Waals surface area contributed by atoms with Crippen LogP contribution in [0, 0.1) is 0 Å². The van der Waals surface area contributed by atoms with Gasteiger partial charge in [0.05, 0.1) is 4.88 Å². The smallest absolute Gasteiger partial charge is 0.264 e. The molecule has 1 aliphatic carbocycles. The molecule has 0 aromatic carbocycles. The average Bonchev–Trinajstić information content (AvgIpc) is 3.00. The van der Waals surface area contributed by atoms with Crippen LogP contribution in [0.2, 0.25) is 0 Å². The molecular weight excluding hydrogens is 292 g/mol. The Morgan fingerprint density at radius 2 is 2.10 bits per heavy atom. The summed E-state index contributed by atoms with van der Waals surface area (Å²) < 4.78 is 0. The van der Waals surface area contributed by atoms with Crippen LogP contribution in [0.15, 0.2) is 6.07 Å². The lowest BCUT2D eigenvalue weighted by molar-refractivity contribution is 0.0685. The van der Waals surface area contributed by atoms with Crippen molar-refractivity contribution in [2.24, 2.45) is 0 Å². The first-order valence-corrected chi connectivity index (χ1v) is 8.29. The van der Waals surface area contributed by atoms with E-state index in [4.69, 9.17) is 0 Å². The zero-order valence-electron chi connectivity index (χ0n) is 11.6. The molecule has 2 unspecified atom stereocenters. The second kappa shape index (κ2) is 5.66. The molecule has 1 aromatic rings. The summed E-state index contributed by atoms with van der Waals surface area (Å²) in [7, 11) is 0. The third-order valence-corrected chi connectivity index (χ3v) is 6.07. The third-order valence-electron chi connectivity index (χ3n) is 4.85. The van der Waals surface area contributed by atoms with Crippen molar-refractivity contribution >= 4 is 29.7 Å². The van der Waals surface area contributed by atoms with Crippen LogP contribution in [0.25, 0.3) is 0 Å². The number of nitrogens with zero attached hydrogens (tertiary/aromatic N) is 1. The van der Waals surface area contributed by atoms with Crippen LogP contribution in [0.1, 0.15) is 45.8 Å². The van der Waals surface area contributed by atoms with Crippen molar-refractivity contribution in [3.63, 3.8) is 0 Å². The van der Waals surface area contributed by atoms with Crippen molar-refractivity contribution in [3.8, 4) is 0 Å². The second-order valence-corrected chi connectivity index (χ2v) is 7.14. The topological polar surface area (TPSA) is 32.3 Å². The van der Waals surface area contributed by atoms with Gasteiger partial charge in [0.2, 0.25) is 0 Å². The number of thiophene rings is 1. The molecule has 3 nitrogen and oxygen atoms in total. The molecule has 1 N–H and O–H groups in total. The molecule has 20 heavy (non-hydrogen) atoms. The van der Waals surface area contributed by atoms with Gasteiger partial charge in [0.25, 0.3) is 5.91 Å². The van der Waals surface area contributed by atoms with E-state index in [-0.39, 0.29) is 12.4 Å². The molecular formula is C15H21ClN2OS. The molecule has 4 rings (SSSR count). The number of amides is 1. The molecule has 110 valence electrons. The highest BCUT2D eigenvalue weighted by atomic mass is 35.5. The Bertz CT molecular complexity index is 480. The van der Waals surface area contributed by atoms with Crippen LogP contribution in [-0.4, -0.2) is 36.0 Å². The van der Waals surface area contributed by atoms with Gasteiger partial charge in [-0.1, -0.05) is 0 Å². The van der Waals surface area contributed by atoms with E-state index < -0.39 is 0 Å². The predicted octanol–water partition coefficient (Wildman–Crippen LogP) is 2.63. The van der Waals surface area contributed by atoms with E-state index in [0.29, 0.717) is 18.0 Å². The van der Waals surface area contributed by atoms with E-state index in [2.05, 4.69) is 16.3 Å². The normalized spacial score (nSPS) is 27.9. The van der Waals surface area contributed by atoms with E-state index in [1.807, 2.05) is 0 Å².